The molecule has 4 aromatic rings. The van der Waals surface area contributed by atoms with Crippen LogP contribution in [0, 0.1) is 6.92 Å². The smallest absolute Gasteiger partial charge is 0.251 e. The van der Waals surface area contributed by atoms with E-state index < -0.39 is 10.0 Å². The van der Waals surface area contributed by atoms with E-state index in [4.69, 9.17) is 9.47 Å². The molecule has 0 saturated carbocycles. The molecule has 0 atom stereocenters. The Hall–Kier alpha value is -4.30. The lowest BCUT2D eigenvalue weighted by atomic mass is 10.1. The maximum absolute atomic E-state index is 12.6. The highest BCUT2D eigenvalue weighted by Gasteiger charge is 2.18. The minimum atomic E-state index is -3.55. The maximum atomic E-state index is 12.6. The Morgan fingerprint density at radius 2 is 1.51 bits per heavy atom. The lowest BCUT2D eigenvalue weighted by molar-refractivity contribution is 0.0947. The molecule has 8 heteroatoms. The van der Waals surface area contributed by atoms with Crippen LogP contribution >= 0.6 is 0 Å². The summed E-state index contributed by atoms with van der Waals surface area (Å²) in [6, 6.07) is 31.4. The van der Waals surface area contributed by atoms with E-state index in [2.05, 4.69) is 5.32 Å². The summed E-state index contributed by atoms with van der Waals surface area (Å²) < 4.78 is 38.0. The maximum Gasteiger partial charge on any atom is 0.251 e. The fourth-order valence-corrected chi connectivity index (χ4v) is 4.81. The van der Waals surface area contributed by atoms with Crippen molar-refractivity contribution in [3.63, 3.8) is 0 Å². The van der Waals surface area contributed by atoms with Crippen molar-refractivity contribution in [1.82, 2.24) is 5.32 Å². The van der Waals surface area contributed by atoms with Gasteiger partial charge in [-0.1, -0.05) is 54.6 Å². The predicted octanol–water partition coefficient (Wildman–Crippen LogP) is 5.35. The molecule has 0 aliphatic carbocycles. The summed E-state index contributed by atoms with van der Waals surface area (Å²) in [7, 11) is -3.55. The molecule has 0 aliphatic rings. The summed E-state index contributed by atoms with van der Waals surface area (Å²) in [5, 5.41) is 2.84. The topological polar surface area (TPSA) is 84.9 Å². The highest BCUT2D eigenvalue weighted by molar-refractivity contribution is 7.92. The number of aryl methyl sites for hydroxylation is 1. The number of hydrogen-bond donors (Lipinski definition) is 1. The number of hydrogen-bond acceptors (Lipinski definition) is 5. The third-order valence-corrected chi connectivity index (χ3v) is 7.10. The molecule has 4 aromatic carbocycles. The summed E-state index contributed by atoms with van der Waals surface area (Å²) in [6.45, 7) is 3.27. The van der Waals surface area contributed by atoms with Gasteiger partial charge in [0, 0.05) is 5.56 Å². The summed E-state index contributed by atoms with van der Waals surface area (Å²) in [5.41, 5.74) is 3.92. The molecule has 0 unspecified atom stereocenters. The van der Waals surface area contributed by atoms with E-state index in [0.29, 0.717) is 36.8 Å². The normalized spacial score (nSPS) is 11.0. The number of anilines is 1. The largest absolute Gasteiger partial charge is 0.492 e. The summed E-state index contributed by atoms with van der Waals surface area (Å²) >= 11 is 0. The fraction of sp³-hybridized carbons (Fsp3) is 0.194. The van der Waals surface area contributed by atoms with Crippen LogP contribution in [0.4, 0.5) is 5.69 Å². The Balaban J connectivity index is 1.32. The summed E-state index contributed by atoms with van der Waals surface area (Å²) in [5.74, 6) is 1.19. The van der Waals surface area contributed by atoms with Crippen LogP contribution in [0.15, 0.2) is 103 Å². The zero-order chi connectivity index (χ0) is 27.7. The quantitative estimate of drug-likeness (QED) is 0.243. The van der Waals surface area contributed by atoms with E-state index in [1.165, 1.54) is 10.6 Å². The molecule has 4 rings (SSSR count). The number of benzene rings is 4. The molecule has 0 spiro atoms. The van der Waals surface area contributed by atoms with E-state index in [9.17, 15) is 13.2 Å². The molecular formula is C31H32N2O5S. The molecule has 202 valence electrons. The lowest BCUT2D eigenvalue weighted by Gasteiger charge is -2.23. The Morgan fingerprint density at radius 3 is 2.18 bits per heavy atom. The minimum Gasteiger partial charge on any atom is -0.492 e. The first kappa shape index (κ1) is 27.7. The van der Waals surface area contributed by atoms with Crippen molar-refractivity contribution in [3.8, 4) is 11.5 Å². The van der Waals surface area contributed by atoms with Crippen LogP contribution in [-0.4, -0.2) is 33.7 Å². The number of rotatable bonds is 12. The average molecular weight is 545 g/mol. The molecule has 1 amide bonds. The van der Waals surface area contributed by atoms with Gasteiger partial charge < -0.3 is 14.8 Å². The molecule has 39 heavy (non-hydrogen) atoms. The van der Waals surface area contributed by atoms with Gasteiger partial charge in [0.25, 0.3) is 5.91 Å². The lowest BCUT2D eigenvalue weighted by Crippen LogP contribution is -2.29. The molecule has 1 N–H and O–H groups in total. The Kier molecular flexibility index (Phi) is 9.22. The standard InChI is InChI=1S/C31H32N2O5S/c1-24-7-6-10-30(21-24)37-20-19-32-31(34)27-13-11-25(12-14-27)22-33(39(2,35)36)28-15-17-29(18-16-28)38-23-26-8-4-3-5-9-26/h3-18,21H,19-20,22-23H2,1-2H3,(H,32,34). The van der Waals surface area contributed by atoms with E-state index in [0.717, 1.165) is 22.4 Å². The number of carbonyl (C=O) groups is 1. The number of carbonyl (C=O) groups excluding carboxylic acids is 1. The van der Waals surface area contributed by atoms with Crippen molar-refractivity contribution in [2.45, 2.75) is 20.1 Å². The van der Waals surface area contributed by atoms with Gasteiger partial charge in [-0.15, -0.1) is 0 Å². The van der Waals surface area contributed by atoms with Gasteiger partial charge in [-0.25, -0.2) is 8.42 Å². The Morgan fingerprint density at radius 1 is 0.795 bits per heavy atom. The first-order chi connectivity index (χ1) is 18.8. The number of nitrogens with zero attached hydrogens (tertiary/aromatic N) is 1. The summed E-state index contributed by atoms with van der Waals surface area (Å²) in [6.07, 6.45) is 1.17. The molecule has 0 aromatic heterocycles. The first-order valence-corrected chi connectivity index (χ1v) is 14.4. The Labute approximate surface area is 230 Å². The van der Waals surface area contributed by atoms with Gasteiger partial charge in [0.2, 0.25) is 10.0 Å². The van der Waals surface area contributed by atoms with Crippen molar-refractivity contribution in [2.75, 3.05) is 23.7 Å². The molecule has 0 heterocycles. The van der Waals surface area contributed by atoms with Crippen molar-refractivity contribution in [3.05, 3.63) is 125 Å². The number of sulfonamides is 1. The average Bonchev–Trinajstić information content (AvgIpc) is 2.93. The molecule has 0 radical (unpaired) electrons. The molecule has 0 bridgehead atoms. The fourth-order valence-electron chi connectivity index (χ4n) is 3.92. The molecule has 7 nitrogen and oxygen atoms in total. The highest BCUT2D eigenvalue weighted by atomic mass is 32.2. The van der Waals surface area contributed by atoms with Crippen LogP contribution in [-0.2, 0) is 23.2 Å². The van der Waals surface area contributed by atoms with E-state index in [1.807, 2.05) is 61.5 Å². The van der Waals surface area contributed by atoms with Crippen molar-refractivity contribution < 1.29 is 22.7 Å². The van der Waals surface area contributed by atoms with E-state index >= 15 is 0 Å². The van der Waals surface area contributed by atoms with Crippen molar-refractivity contribution >= 4 is 21.6 Å². The number of amides is 1. The van der Waals surface area contributed by atoms with E-state index in [1.54, 1.807) is 48.5 Å². The van der Waals surface area contributed by atoms with Crippen LogP contribution < -0.4 is 19.1 Å². The van der Waals surface area contributed by atoms with Crippen LogP contribution in [0.1, 0.15) is 27.0 Å². The first-order valence-electron chi connectivity index (χ1n) is 12.6. The number of nitrogens with one attached hydrogen (secondary N) is 1. The Bertz CT molecular complexity index is 1470. The zero-order valence-corrected chi connectivity index (χ0v) is 22.9. The number of ether oxygens (including phenoxy) is 2. The van der Waals surface area contributed by atoms with Gasteiger partial charge in [-0.3, -0.25) is 9.10 Å². The van der Waals surface area contributed by atoms with Crippen LogP contribution in [0.25, 0.3) is 0 Å². The van der Waals surface area contributed by atoms with Gasteiger partial charge in [0.15, 0.2) is 0 Å². The predicted molar refractivity (Wildman–Crippen MR) is 154 cm³/mol. The molecular weight excluding hydrogens is 512 g/mol. The molecule has 0 aliphatic heterocycles. The van der Waals surface area contributed by atoms with Crippen LogP contribution in [0.5, 0.6) is 11.5 Å². The molecule has 0 saturated heterocycles. The highest BCUT2D eigenvalue weighted by Crippen LogP contribution is 2.24. The third kappa shape index (κ3) is 8.35. The molecule has 0 fully saturated rings. The van der Waals surface area contributed by atoms with Gasteiger partial charge >= 0.3 is 0 Å². The summed E-state index contributed by atoms with van der Waals surface area (Å²) in [4.78, 5) is 12.5. The monoisotopic (exact) mass is 544 g/mol. The van der Waals surface area contributed by atoms with Gasteiger partial charge in [0.05, 0.1) is 25.0 Å². The third-order valence-electron chi connectivity index (χ3n) is 5.96. The second-order valence-corrected chi connectivity index (χ2v) is 11.1. The van der Waals surface area contributed by atoms with Gasteiger partial charge in [-0.05, 0) is 72.1 Å². The van der Waals surface area contributed by atoms with Crippen LogP contribution in [0.3, 0.4) is 0 Å². The second-order valence-electron chi connectivity index (χ2n) is 9.16. The zero-order valence-electron chi connectivity index (χ0n) is 22.0. The second kappa shape index (κ2) is 13.0. The minimum absolute atomic E-state index is 0.134. The van der Waals surface area contributed by atoms with Gasteiger partial charge in [-0.2, -0.15) is 0 Å². The SMILES string of the molecule is Cc1cccc(OCCNC(=O)c2ccc(CN(c3ccc(OCc4ccccc4)cc3)S(C)(=O)=O)cc2)c1. The van der Waals surface area contributed by atoms with Crippen molar-refractivity contribution in [1.29, 1.82) is 0 Å². The van der Waals surface area contributed by atoms with Crippen LogP contribution in [0.2, 0.25) is 0 Å². The van der Waals surface area contributed by atoms with Crippen molar-refractivity contribution in [2.24, 2.45) is 0 Å². The van der Waals surface area contributed by atoms with E-state index in [-0.39, 0.29) is 12.5 Å². The van der Waals surface area contributed by atoms with Gasteiger partial charge in [0.1, 0.15) is 24.7 Å².